The Labute approximate surface area is 179 Å². The van der Waals surface area contributed by atoms with E-state index in [1.54, 1.807) is 18.2 Å². The normalized spacial score (nSPS) is 12.9. The van der Waals surface area contributed by atoms with Gasteiger partial charge in [-0.15, -0.1) is 0 Å². The highest BCUT2D eigenvalue weighted by Crippen LogP contribution is 2.31. The summed E-state index contributed by atoms with van der Waals surface area (Å²) in [5, 5.41) is 2.90. The molecule has 0 spiro atoms. The zero-order chi connectivity index (χ0) is 21.4. The molecule has 2 heterocycles. The van der Waals surface area contributed by atoms with E-state index < -0.39 is 0 Å². The number of carbonyl (C=O) groups is 1. The lowest BCUT2D eigenvalue weighted by Crippen LogP contribution is -2.17. The highest BCUT2D eigenvalue weighted by Gasteiger charge is 2.15. The molecule has 0 saturated carbocycles. The van der Waals surface area contributed by atoms with Crippen LogP contribution >= 0.6 is 0 Å². The Balaban J connectivity index is 1.33. The van der Waals surface area contributed by atoms with Crippen LogP contribution in [0.3, 0.4) is 0 Å². The van der Waals surface area contributed by atoms with Crippen LogP contribution in [-0.4, -0.2) is 24.1 Å². The van der Waals surface area contributed by atoms with E-state index in [-0.39, 0.29) is 5.91 Å². The van der Waals surface area contributed by atoms with Crippen molar-refractivity contribution in [2.45, 2.75) is 19.8 Å². The average Bonchev–Trinajstić information content (AvgIpc) is 3.22. The molecule has 5 rings (SSSR count). The summed E-state index contributed by atoms with van der Waals surface area (Å²) in [4.78, 5) is 17.2. The minimum absolute atomic E-state index is 0.215. The third kappa shape index (κ3) is 3.84. The maximum Gasteiger partial charge on any atom is 0.255 e. The van der Waals surface area contributed by atoms with Gasteiger partial charge in [-0.2, -0.15) is 0 Å². The Morgan fingerprint density at radius 3 is 2.48 bits per heavy atom. The van der Waals surface area contributed by atoms with Gasteiger partial charge in [-0.05, 0) is 66.1 Å². The van der Waals surface area contributed by atoms with Crippen molar-refractivity contribution in [2.24, 2.45) is 0 Å². The molecule has 0 fully saturated rings. The second-order valence-corrected chi connectivity index (χ2v) is 7.79. The molecule has 0 unspecified atom stereocenters. The van der Waals surface area contributed by atoms with E-state index in [9.17, 15) is 4.79 Å². The summed E-state index contributed by atoms with van der Waals surface area (Å²) in [7, 11) is 0. The molecule has 1 aliphatic heterocycles. The van der Waals surface area contributed by atoms with Crippen molar-refractivity contribution in [1.82, 2.24) is 4.98 Å². The van der Waals surface area contributed by atoms with Crippen LogP contribution < -0.4 is 14.8 Å². The van der Waals surface area contributed by atoms with Gasteiger partial charge < -0.3 is 19.2 Å². The average molecular weight is 414 g/mol. The molecule has 1 amide bonds. The molecule has 0 aliphatic carbocycles. The van der Waals surface area contributed by atoms with Crippen LogP contribution in [0.5, 0.6) is 11.5 Å². The minimum Gasteiger partial charge on any atom is -0.486 e. The Bertz CT molecular complexity index is 1260. The minimum atomic E-state index is -0.215. The third-order valence-corrected chi connectivity index (χ3v) is 5.27. The summed E-state index contributed by atoms with van der Waals surface area (Å²) < 4.78 is 17.0. The number of benzene rings is 3. The number of hydrogen-bond donors (Lipinski definition) is 1. The first-order chi connectivity index (χ1) is 15.1. The lowest BCUT2D eigenvalue weighted by Gasteiger charge is -2.18. The number of aromatic nitrogens is 1. The highest BCUT2D eigenvalue weighted by atomic mass is 16.6. The largest absolute Gasteiger partial charge is 0.486 e. The number of nitrogens with zero attached hydrogens (tertiary/aromatic N) is 1. The van der Waals surface area contributed by atoms with Crippen LogP contribution in [0.15, 0.2) is 65.1 Å². The number of nitrogens with one attached hydrogen (secondary N) is 1. The fourth-order valence-corrected chi connectivity index (χ4v) is 3.51. The first-order valence-electron chi connectivity index (χ1n) is 10.3. The summed E-state index contributed by atoms with van der Waals surface area (Å²) in [5.74, 6) is 2.02. The van der Waals surface area contributed by atoms with Crippen LogP contribution in [0.2, 0.25) is 0 Å². The van der Waals surface area contributed by atoms with E-state index in [0.29, 0.717) is 47.8 Å². The van der Waals surface area contributed by atoms with Gasteiger partial charge in [-0.3, -0.25) is 4.79 Å². The molecule has 1 aliphatic rings. The lowest BCUT2D eigenvalue weighted by atomic mass is 10.0. The molecule has 1 N–H and O–H groups in total. The SMILES string of the molecule is CC(C)c1ccc2oc(-c3ccc(NC(=O)c4ccc5c(c4)OCCO5)cc3)nc2c1. The Morgan fingerprint density at radius 1 is 0.935 bits per heavy atom. The molecule has 156 valence electrons. The van der Waals surface area contributed by atoms with E-state index >= 15 is 0 Å². The second kappa shape index (κ2) is 7.80. The molecule has 3 aromatic carbocycles. The monoisotopic (exact) mass is 414 g/mol. The molecule has 31 heavy (non-hydrogen) atoms. The zero-order valence-corrected chi connectivity index (χ0v) is 17.3. The van der Waals surface area contributed by atoms with Crippen LogP contribution in [-0.2, 0) is 0 Å². The zero-order valence-electron chi connectivity index (χ0n) is 17.3. The van der Waals surface area contributed by atoms with Crippen LogP contribution in [0.1, 0.15) is 35.7 Å². The predicted octanol–water partition coefficient (Wildman–Crippen LogP) is 5.64. The van der Waals surface area contributed by atoms with Crippen molar-refractivity contribution in [3.63, 3.8) is 0 Å². The molecule has 6 nitrogen and oxygen atoms in total. The van der Waals surface area contributed by atoms with Gasteiger partial charge >= 0.3 is 0 Å². The number of carbonyl (C=O) groups excluding carboxylic acids is 1. The quantitative estimate of drug-likeness (QED) is 0.468. The number of hydrogen-bond acceptors (Lipinski definition) is 5. The molecule has 0 atom stereocenters. The van der Waals surface area contributed by atoms with Gasteiger partial charge in [0.05, 0.1) is 0 Å². The lowest BCUT2D eigenvalue weighted by molar-refractivity contribution is 0.102. The third-order valence-electron chi connectivity index (χ3n) is 5.27. The van der Waals surface area contributed by atoms with Crippen molar-refractivity contribution in [1.29, 1.82) is 0 Å². The summed E-state index contributed by atoms with van der Waals surface area (Å²) in [6, 6.07) is 18.7. The number of rotatable bonds is 4. The van der Waals surface area contributed by atoms with E-state index in [4.69, 9.17) is 13.9 Å². The molecular weight excluding hydrogens is 392 g/mol. The Morgan fingerprint density at radius 2 is 1.71 bits per heavy atom. The van der Waals surface area contributed by atoms with Gasteiger partial charge in [-0.25, -0.2) is 4.98 Å². The van der Waals surface area contributed by atoms with Crippen molar-refractivity contribution in [3.8, 4) is 23.0 Å². The van der Waals surface area contributed by atoms with E-state index in [2.05, 4.69) is 36.3 Å². The molecule has 0 radical (unpaired) electrons. The van der Waals surface area contributed by atoms with E-state index in [1.165, 1.54) is 5.56 Å². The van der Waals surface area contributed by atoms with Gasteiger partial charge in [0.1, 0.15) is 18.7 Å². The van der Waals surface area contributed by atoms with Crippen molar-refractivity contribution >= 4 is 22.7 Å². The van der Waals surface area contributed by atoms with Crippen LogP contribution in [0, 0.1) is 0 Å². The summed E-state index contributed by atoms with van der Waals surface area (Å²) >= 11 is 0. The maximum atomic E-state index is 12.6. The molecule has 0 saturated heterocycles. The van der Waals surface area contributed by atoms with Gasteiger partial charge in [0.2, 0.25) is 5.89 Å². The van der Waals surface area contributed by atoms with Gasteiger partial charge in [0.25, 0.3) is 5.91 Å². The first-order valence-corrected chi connectivity index (χ1v) is 10.3. The Kier molecular flexibility index (Phi) is 4.82. The van der Waals surface area contributed by atoms with Crippen molar-refractivity contribution in [2.75, 3.05) is 18.5 Å². The second-order valence-electron chi connectivity index (χ2n) is 7.79. The summed E-state index contributed by atoms with van der Waals surface area (Å²) in [6.07, 6.45) is 0. The fraction of sp³-hybridized carbons (Fsp3) is 0.200. The number of amides is 1. The predicted molar refractivity (Wildman–Crippen MR) is 119 cm³/mol. The van der Waals surface area contributed by atoms with Crippen molar-refractivity contribution in [3.05, 3.63) is 71.8 Å². The Hall–Kier alpha value is -3.80. The number of ether oxygens (including phenoxy) is 2. The van der Waals surface area contributed by atoms with Crippen LogP contribution in [0.4, 0.5) is 5.69 Å². The first kappa shape index (κ1) is 19.2. The number of oxazole rings is 1. The molecule has 1 aromatic heterocycles. The number of anilines is 1. The summed E-state index contributed by atoms with van der Waals surface area (Å²) in [6.45, 7) is 5.30. The maximum absolute atomic E-state index is 12.6. The molecule has 0 bridgehead atoms. The molecule has 4 aromatic rings. The van der Waals surface area contributed by atoms with Gasteiger partial charge in [-0.1, -0.05) is 19.9 Å². The standard InChI is InChI=1S/C25H22N2O4/c1-15(2)17-5-9-21-20(13-17)27-25(31-21)16-3-7-19(8-4-16)26-24(28)18-6-10-22-23(14-18)30-12-11-29-22/h3-10,13-15H,11-12H2,1-2H3,(H,26,28). The molecular formula is C25H22N2O4. The van der Waals surface area contributed by atoms with Crippen LogP contribution in [0.25, 0.3) is 22.6 Å². The fourth-order valence-electron chi connectivity index (χ4n) is 3.51. The number of fused-ring (bicyclic) bond motifs is 2. The summed E-state index contributed by atoms with van der Waals surface area (Å²) in [5.41, 5.74) is 4.87. The topological polar surface area (TPSA) is 73.6 Å². The van der Waals surface area contributed by atoms with Crippen molar-refractivity contribution < 1.29 is 18.7 Å². The van der Waals surface area contributed by atoms with Gasteiger partial charge in [0, 0.05) is 16.8 Å². The smallest absolute Gasteiger partial charge is 0.255 e. The molecule has 6 heteroatoms. The van der Waals surface area contributed by atoms with E-state index in [1.807, 2.05) is 30.3 Å². The van der Waals surface area contributed by atoms with E-state index in [0.717, 1.165) is 16.7 Å². The highest BCUT2D eigenvalue weighted by molar-refractivity contribution is 6.04. The van der Waals surface area contributed by atoms with Gasteiger partial charge in [0.15, 0.2) is 17.1 Å².